The Hall–Kier alpha value is -3.11. The summed E-state index contributed by atoms with van der Waals surface area (Å²) in [5, 5.41) is 6.66. The predicted molar refractivity (Wildman–Crippen MR) is 107 cm³/mol. The minimum absolute atomic E-state index is 0.0970. The number of piperazine rings is 1. The molecule has 1 N–H and O–H groups in total. The number of carbonyl (C=O) groups is 1. The Labute approximate surface area is 173 Å². The van der Waals surface area contributed by atoms with Crippen LogP contribution in [-0.2, 0) is 21.2 Å². The van der Waals surface area contributed by atoms with Crippen molar-refractivity contribution >= 4 is 15.9 Å². The van der Waals surface area contributed by atoms with E-state index in [0.717, 1.165) is 5.56 Å². The van der Waals surface area contributed by atoms with Crippen molar-refractivity contribution in [3.63, 3.8) is 0 Å². The Balaban J connectivity index is 1.43. The zero-order chi connectivity index (χ0) is 21.1. The number of pyridine rings is 1. The number of carbonyl (C=O) groups excluding carboxylic acids is 1. The van der Waals surface area contributed by atoms with Gasteiger partial charge in [-0.2, -0.15) is 9.40 Å². The van der Waals surface area contributed by atoms with Crippen LogP contribution in [0.15, 0.2) is 59.9 Å². The Bertz CT molecular complexity index is 1120. The molecule has 1 fully saturated rings. The van der Waals surface area contributed by atoms with E-state index >= 15 is 0 Å². The normalized spacial score (nSPS) is 15.3. The van der Waals surface area contributed by atoms with Gasteiger partial charge in [0.05, 0.1) is 18.3 Å². The van der Waals surface area contributed by atoms with Gasteiger partial charge in [-0.05, 0) is 29.8 Å². The molecule has 0 spiro atoms. The molecule has 4 rings (SSSR count). The molecule has 1 aliphatic rings. The Morgan fingerprint density at radius 3 is 2.37 bits per heavy atom. The molecule has 8 nitrogen and oxygen atoms in total. The molecule has 0 radical (unpaired) electrons. The van der Waals surface area contributed by atoms with Gasteiger partial charge in [-0.15, -0.1) is 0 Å². The minimum atomic E-state index is -3.77. The number of hydrogen-bond donors (Lipinski definition) is 1. The van der Waals surface area contributed by atoms with Crippen LogP contribution in [0, 0.1) is 5.82 Å². The van der Waals surface area contributed by atoms with Crippen molar-refractivity contribution in [3.05, 3.63) is 66.4 Å². The van der Waals surface area contributed by atoms with Crippen LogP contribution in [-0.4, -0.2) is 64.9 Å². The monoisotopic (exact) mass is 429 g/mol. The first-order chi connectivity index (χ1) is 14.4. The number of aromatic amines is 1. The van der Waals surface area contributed by atoms with Gasteiger partial charge < -0.3 is 4.90 Å². The third-order valence-corrected chi connectivity index (χ3v) is 6.96. The largest absolute Gasteiger partial charge is 0.340 e. The average Bonchev–Trinajstić information content (AvgIpc) is 3.27. The van der Waals surface area contributed by atoms with Gasteiger partial charge in [0.1, 0.15) is 10.7 Å². The number of sulfonamides is 1. The number of halogens is 1. The lowest BCUT2D eigenvalue weighted by atomic mass is 10.1. The highest BCUT2D eigenvalue weighted by atomic mass is 32.2. The molecule has 0 bridgehead atoms. The number of hydrogen-bond acceptors (Lipinski definition) is 5. The van der Waals surface area contributed by atoms with Crippen LogP contribution < -0.4 is 0 Å². The van der Waals surface area contributed by atoms with Gasteiger partial charge in [-0.1, -0.05) is 12.1 Å². The van der Waals surface area contributed by atoms with E-state index in [1.807, 2.05) is 0 Å². The number of nitrogens with zero attached hydrogens (tertiary/aromatic N) is 4. The van der Waals surface area contributed by atoms with E-state index in [2.05, 4.69) is 15.2 Å². The molecular weight excluding hydrogens is 409 g/mol. The van der Waals surface area contributed by atoms with Crippen molar-refractivity contribution in [2.45, 2.75) is 11.3 Å². The molecule has 1 aromatic carbocycles. The fourth-order valence-corrected chi connectivity index (χ4v) is 4.93. The highest BCUT2D eigenvalue weighted by Gasteiger charge is 2.32. The first kappa shape index (κ1) is 20.2. The van der Waals surface area contributed by atoms with Crippen molar-refractivity contribution in [1.29, 1.82) is 0 Å². The second-order valence-electron chi connectivity index (χ2n) is 6.93. The summed E-state index contributed by atoms with van der Waals surface area (Å²) in [6.45, 7) is 0.973. The Morgan fingerprint density at radius 2 is 1.70 bits per heavy atom. The maximum absolute atomic E-state index is 13.2. The van der Waals surface area contributed by atoms with Crippen molar-refractivity contribution in [2.75, 3.05) is 26.2 Å². The summed E-state index contributed by atoms with van der Waals surface area (Å²) in [5.41, 5.74) is 1.80. The third kappa shape index (κ3) is 4.10. The molecule has 156 valence electrons. The zero-order valence-electron chi connectivity index (χ0n) is 16.0. The first-order valence-electron chi connectivity index (χ1n) is 9.41. The van der Waals surface area contributed by atoms with Gasteiger partial charge in [-0.25, -0.2) is 12.8 Å². The number of nitrogens with one attached hydrogen (secondary N) is 1. The van der Waals surface area contributed by atoms with Gasteiger partial charge in [0.2, 0.25) is 15.9 Å². The zero-order valence-corrected chi connectivity index (χ0v) is 16.8. The molecule has 0 saturated carbocycles. The molecule has 10 heteroatoms. The molecule has 3 aromatic rings. The third-order valence-electron chi connectivity index (χ3n) is 5.05. The predicted octanol–water partition coefficient (Wildman–Crippen LogP) is 1.69. The number of H-pyrrole nitrogens is 1. The SMILES string of the molecule is O=C(Cc1ccc(F)cc1)N1CCN(S(=O)(=O)c2cn[nH]c2-c2ccncc2)CC1. The molecule has 0 aliphatic carbocycles. The fraction of sp³-hybridized carbons (Fsp3) is 0.250. The van der Waals surface area contributed by atoms with E-state index in [0.29, 0.717) is 24.3 Å². The lowest BCUT2D eigenvalue weighted by molar-refractivity contribution is -0.131. The van der Waals surface area contributed by atoms with E-state index in [-0.39, 0.29) is 36.1 Å². The van der Waals surface area contributed by atoms with Crippen molar-refractivity contribution in [2.24, 2.45) is 0 Å². The van der Waals surface area contributed by atoms with Gasteiger partial charge in [-0.3, -0.25) is 14.9 Å². The molecule has 1 aliphatic heterocycles. The van der Waals surface area contributed by atoms with Crippen molar-refractivity contribution in [3.8, 4) is 11.3 Å². The van der Waals surface area contributed by atoms with Crippen LogP contribution in [0.4, 0.5) is 4.39 Å². The highest BCUT2D eigenvalue weighted by Crippen LogP contribution is 2.27. The number of amides is 1. The molecule has 0 atom stereocenters. The van der Waals surface area contributed by atoms with Crippen molar-refractivity contribution in [1.82, 2.24) is 24.4 Å². The van der Waals surface area contributed by atoms with E-state index in [9.17, 15) is 17.6 Å². The van der Waals surface area contributed by atoms with E-state index < -0.39 is 10.0 Å². The molecule has 2 aromatic heterocycles. The van der Waals surface area contributed by atoms with Crippen molar-refractivity contribution < 1.29 is 17.6 Å². The van der Waals surface area contributed by atoms with Crippen LogP contribution in [0.2, 0.25) is 0 Å². The van der Waals surface area contributed by atoms with Crippen LogP contribution in [0.1, 0.15) is 5.56 Å². The lowest BCUT2D eigenvalue weighted by Crippen LogP contribution is -2.50. The summed E-state index contributed by atoms with van der Waals surface area (Å²) >= 11 is 0. The molecule has 0 unspecified atom stereocenters. The molecular formula is C20H20FN5O3S. The van der Waals surface area contributed by atoms with Gasteiger partial charge in [0.25, 0.3) is 0 Å². The maximum atomic E-state index is 13.2. The summed E-state index contributed by atoms with van der Waals surface area (Å²) in [6, 6.07) is 9.20. The summed E-state index contributed by atoms with van der Waals surface area (Å²) in [4.78, 5) is 18.2. The standard InChI is InChI=1S/C20H20FN5O3S/c21-17-3-1-15(2-4-17)13-19(27)25-9-11-26(12-10-25)30(28,29)18-14-23-24-20(18)16-5-7-22-8-6-16/h1-8,14H,9-13H2,(H,23,24). The lowest BCUT2D eigenvalue weighted by Gasteiger charge is -2.34. The van der Waals surface area contributed by atoms with E-state index in [1.54, 1.807) is 41.6 Å². The number of benzene rings is 1. The topological polar surface area (TPSA) is 99.3 Å². The minimum Gasteiger partial charge on any atom is -0.340 e. The number of rotatable bonds is 5. The quantitative estimate of drug-likeness (QED) is 0.665. The molecule has 3 heterocycles. The van der Waals surface area contributed by atoms with Gasteiger partial charge >= 0.3 is 0 Å². The molecule has 1 saturated heterocycles. The summed E-state index contributed by atoms with van der Waals surface area (Å²) in [7, 11) is -3.77. The number of aromatic nitrogens is 3. The molecule has 1 amide bonds. The Morgan fingerprint density at radius 1 is 1.03 bits per heavy atom. The Kier molecular flexibility index (Phi) is 5.60. The summed E-state index contributed by atoms with van der Waals surface area (Å²) in [5.74, 6) is -0.463. The molecule has 30 heavy (non-hydrogen) atoms. The second-order valence-corrected chi connectivity index (χ2v) is 8.84. The average molecular weight is 429 g/mol. The van der Waals surface area contributed by atoms with Crippen LogP contribution in [0.25, 0.3) is 11.3 Å². The second kappa shape index (κ2) is 8.33. The smallest absolute Gasteiger partial charge is 0.246 e. The maximum Gasteiger partial charge on any atom is 0.246 e. The van der Waals surface area contributed by atoms with Crippen LogP contribution in [0.3, 0.4) is 0 Å². The van der Waals surface area contributed by atoms with E-state index in [4.69, 9.17) is 0 Å². The fourth-order valence-electron chi connectivity index (χ4n) is 3.40. The summed E-state index contributed by atoms with van der Waals surface area (Å²) < 4.78 is 40.7. The van der Waals surface area contributed by atoms with Crippen LogP contribution >= 0.6 is 0 Å². The first-order valence-corrected chi connectivity index (χ1v) is 10.9. The van der Waals surface area contributed by atoms with Crippen LogP contribution in [0.5, 0.6) is 0 Å². The van der Waals surface area contributed by atoms with Gasteiger partial charge in [0, 0.05) is 44.1 Å². The summed E-state index contributed by atoms with van der Waals surface area (Å²) in [6.07, 6.45) is 4.62. The highest BCUT2D eigenvalue weighted by molar-refractivity contribution is 7.89. The van der Waals surface area contributed by atoms with E-state index in [1.165, 1.54) is 22.6 Å². The van der Waals surface area contributed by atoms with Gasteiger partial charge in [0.15, 0.2) is 0 Å².